The number of nitrogens with zero attached hydrogens (tertiary/aromatic N) is 2. The fraction of sp³-hybridized carbons (Fsp3) is 0.158. The lowest BCUT2D eigenvalue weighted by Crippen LogP contribution is -2.21. The van der Waals surface area contributed by atoms with Crippen molar-refractivity contribution in [1.82, 2.24) is 9.97 Å². The van der Waals surface area contributed by atoms with E-state index >= 15 is 0 Å². The van der Waals surface area contributed by atoms with Gasteiger partial charge in [0.05, 0.1) is 5.69 Å². The number of hydrogen-bond donors (Lipinski definition) is 2. The predicted octanol–water partition coefficient (Wildman–Crippen LogP) is 4.43. The second-order valence-corrected chi connectivity index (χ2v) is 6.02. The maximum absolute atomic E-state index is 13.9. The van der Waals surface area contributed by atoms with Crippen LogP contribution in [0, 0.1) is 11.6 Å². The van der Waals surface area contributed by atoms with E-state index in [9.17, 15) is 22.0 Å². The summed E-state index contributed by atoms with van der Waals surface area (Å²) in [5.74, 6) is -2.10. The largest absolute Gasteiger partial charge is 0.573 e. The van der Waals surface area contributed by atoms with Crippen LogP contribution in [-0.2, 0) is 0 Å². The highest BCUT2D eigenvalue weighted by Gasteiger charge is 2.32. The van der Waals surface area contributed by atoms with Gasteiger partial charge in [-0.2, -0.15) is 0 Å². The van der Waals surface area contributed by atoms with Crippen LogP contribution in [0.1, 0.15) is 11.6 Å². The number of nitrogens with two attached hydrogens (primary N) is 1. The average Bonchev–Trinajstić information content (AvgIpc) is 2.67. The molecular formula is C19H15F5N4O. The summed E-state index contributed by atoms with van der Waals surface area (Å²) >= 11 is 0. The van der Waals surface area contributed by atoms with Gasteiger partial charge < -0.3 is 15.8 Å². The molecule has 0 aliphatic carbocycles. The van der Waals surface area contributed by atoms with E-state index in [0.29, 0.717) is 5.82 Å². The van der Waals surface area contributed by atoms with Gasteiger partial charge in [-0.3, -0.25) is 0 Å². The minimum absolute atomic E-state index is 0.241. The van der Waals surface area contributed by atoms with E-state index in [0.717, 1.165) is 17.7 Å². The SMILES string of the molecule is N[C@@H](CNc1cc(-c2ccc(OC(F)(F)F)c(F)c2)ncn1)c1ccc(F)cc1. The van der Waals surface area contributed by atoms with Gasteiger partial charge in [-0.25, -0.2) is 18.7 Å². The number of anilines is 1. The van der Waals surface area contributed by atoms with Crippen molar-refractivity contribution in [3.63, 3.8) is 0 Å². The molecule has 0 saturated heterocycles. The van der Waals surface area contributed by atoms with E-state index in [-0.39, 0.29) is 23.6 Å². The van der Waals surface area contributed by atoms with Gasteiger partial charge in [-0.05, 0) is 35.9 Å². The molecule has 5 nitrogen and oxygen atoms in total. The standard InChI is InChI=1S/C19H15F5N4O/c20-13-4-1-11(2-5-13)15(25)9-26-18-8-16(27-10-28-18)12-3-6-17(14(21)7-12)29-19(22,23)24/h1-8,10,15H,9,25H2,(H,26,27,28)/t15-/m0/s1. The van der Waals surface area contributed by atoms with Crippen LogP contribution in [-0.4, -0.2) is 22.9 Å². The van der Waals surface area contributed by atoms with Gasteiger partial charge in [0.1, 0.15) is 18.0 Å². The Morgan fingerprint density at radius 1 is 1.00 bits per heavy atom. The first-order valence-corrected chi connectivity index (χ1v) is 8.34. The molecule has 29 heavy (non-hydrogen) atoms. The number of benzene rings is 2. The topological polar surface area (TPSA) is 73.1 Å². The second kappa shape index (κ2) is 8.39. The van der Waals surface area contributed by atoms with Gasteiger partial charge in [0.2, 0.25) is 0 Å². The van der Waals surface area contributed by atoms with E-state index in [4.69, 9.17) is 5.73 Å². The van der Waals surface area contributed by atoms with Gasteiger partial charge >= 0.3 is 6.36 Å². The van der Waals surface area contributed by atoms with Crippen LogP contribution in [0.25, 0.3) is 11.3 Å². The summed E-state index contributed by atoms with van der Waals surface area (Å²) in [5.41, 5.74) is 7.29. The number of ether oxygens (including phenoxy) is 1. The Kier molecular flexibility index (Phi) is 5.92. The van der Waals surface area contributed by atoms with E-state index < -0.39 is 24.0 Å². The van der Waals surface area contributed by atoms with Crippen LogP contribution in [0.15, 0.2) is 54.9 Å². The first-order valence-electron chi connectivity index (χ1n) is 8.34. The summed E-state index contributed by atoms with van der Waals surface area (Å²) in [6.45, 7) is 0.273. The monoisotopic (exact) mass is 410 g/mol. The third kappa shape index (κ3) is 5.61. The fourth-order valence-corrected chi connectivity index (χ4v) is 2.52. The Bertz CT molecular complexity index is 979. The molecule has 2 aromatic carbocycles. The molecule has 3 rings (SSSR count). The highest BCUT2D eigenvalue weighted by atomic mass is 19.4. The van der Waals surface area contributed by atoms with Crippen LogP contribution in [0.5, 0.6) is 5.75 Å². The summed E-state index contributed by atoms with van der Waals surface area (Å²) in [6.07, 6.45) is -3.77. The van der Waals surface area contributed by atoms with Gasteiger partial charge in [0, 0.05) is 24.2 Å². The molecule has 1 heterocycles. The van der Waals surface area contributed by atoms with Crippen molar-refractivity contribution in [3.05, 3.63) is 72.1 Å². The number of hydrogen-bond acceptors (Lipinski definition) is 5. The normalized spacial score (nSPS) is 12.5. The summed E-state index contributed by atoms with van der Waals surface area (Å²) in [7, 11) is 0. The third-order valence-electron chi connectivity index (χ3n) is 3.92. The number of alkyl halides is 3. The molecule has 0 radical (unpaired) electrons. The Balaban J connectivity index is 1.70. The van der Waals surface area contributed by atoms with Gasteiger partial charge in [-0.1, -0.05) is 12.1 Å². The van der Waals surface area contributed by atoms with E-state index in [1.54, 1.807) is 12.1 Å². The smallest absolute Gasteiger partial charge is 0.403 e. The minimum atomic E-state index is -4.99. The molecule has 0 bridgehead atoms. The van der Waals surface area contributed by atoms with Crippen molar-refractivity contribution < 1.29 is 26.7 Å². The lowest BCUT2D eigenvalue weighted by molar-refractivity contribution is -0.275. The number of nitrogens with one attached hydrogen (secondary N) is 1. The Morgan fingerprint density at radius 2 is 1.72 bits per heavy atom. The lowest BCUT2D eigenvalue weighted by atomic mass is 10.1. The summed E-state index contributed by atoms with van der Waals surface area (Å²) < 4.78 is 67.2. The van der Waals surface area contributed by atoms with Crippen LogP contribution < -0.4 is 15.8 Å². The van der Waals surface area contributed by atoms with Crippen LogP contribution in [0.4, 0.5) is 27.8 Å². The van der Waals surface area contributed by atoms with Crippen molar-refractivity contribution in [2.24, 2.45) is 5.73 Å². The molecule has 10 heteroatoms. The minimum Gasteiger partial charge on any atom is -0.403 e. The van der Waals surface area contributed by atoms with Crippen LogP contribution in [0.2, 0.25) is 0 Å². The first-order chi connectivity index (χ1) is 13.7. The maximum atomic E-state index is 13.9. The summed E-state index contributed by atoms with van der Waals surface area (Å²) in [6, 6.07) is 9.81. The summed E-state index contributed by atoms with van der Waals surface area (Å²) in [4.78, 5) is 8.02. The molecule has 1 aromatic heterocycles. The van der Waals surface area contributed by atoms with E-state index in [1.807, 2.05) is 0 Å². The van der Waals surface area contributed by atoms with Gasteiger partial charge in [-0.15, -0.1) is 13.2 Å². The molecule has 0 fully saturated rings. The van der Waals surface area contributed by atoms with E-state index in [1.165, 1.54) is 30.6 Å². The molecule has 0 saturated carbocycles. The molecular weight excluding hydrogens is 395 g/mol. The number of aromatic nitrogens is 2. The van der Waals surface area contributed by atoms with Crippen molar-refractivity contribution in [3.8, 4) is 17.0 Å². The van der Waals surface area contributed by atoms with E-state index in [2.05, 4.69) is 20.0 Å². The number of halogens is 5. The van der Waals surface area contributed by atoms with Crippen molar-refractivity contribution in [1.29, 1.82) is 0 Å². The van der Waals surface area contributed by atoms with Crippen molar-refractivity contribution in [2.45, 2.75) is 12.4 Å². The predicted molar refractivity (Wildman–Crippen MR) is 95.9 cm³/mol. The van der Waals surface area contributed by atoms with Gasteiger partial charge in [0.15, 0.2) is 11.6 Å². The average molecular weight is 410 g/mol. The van der Waals surface area contributed by atoms with Crippen molar-refractivity contribution in [2.75, 3.05) is 11.9 Å². The molecule has 1 atom stereocenters. The third-order valence-corrected chi connectivity index (χ3v) is 3.92. The molecule has 0 aliphatic rings. The zero-order valence-corrected chi connectivity index (χ0v) is 14.8. The molecule has 0 spiro atoms. The quantitative estimate of drug-likeness (QED) is 0.588. The molecule has 0 amide bonds. The highest BCUT2D eigenvalue weighted by molar-refractivity contribution is 5.63. The molecule has 3 aromatic rings. The maximum Gasteiger partial charge on any atom is 0.573 e. The second-order valence-electron chi connectivity index (χ2n) is 6.02. The van der Waals surface area contributed by atoms with Crippen LogP contribution >= 0.6 is 0 Å². The summed E-state index contributed by atoms with van der Waals surface area (Å²) in [5, 5.41) is 2.99. The Hall–Kier alpha value is -3.27. The van der Waals surface area contributed by atoms with Gasteiger partial charge in [0.25, 0.3) is 0 Å². The first kappa shape index (κ1) is 20.5. The number of rotatable bonds is 6. The molecule has 0 aliphatic heterocycles. The zero-order chi connectivity index (χ0) is 21.0. The van der Waals surface area contributed by atoms with Crippen molar-refractivity contribution >= 4 is 5.82 Å². The zero-order valence-electron chi connectivity index (χ0n) is 14.8. The molecule has 0 unspecified atom stereocenters. The van der Waals surface area contributed by atoms with Crippen LogP contribution in [0.3, 0.4) is 0 Å². The Labute approximate surface area is 162 Å². The molecule has 3 N–H and O–H groups in total. The fourth-order valence-electron chi connectivity index (χ4n) is 2.52. The lowest BCUT2D eigenvalue weighted by Gasteiger charge is -2.14. The molecule has 152 valence electrons. The Morgan fingerprint density at radius 3 is 2.38 bits per heavy atom. The highest BCUT2D eigenvalue weighted by Crippen LogP contribution is 2.29.